The van der Waals surface area contributed by atoms with Crippen molar-refractivity contribution in [2.45, 2.75) is 0 Å². The first-order chi connectivity index (χ1) is 38.2. The van der Waals surface area contributed by atoms with E-state index in [2.05, 4.69) is 297 Å². The van der Waals surface area contributed by atoms with E-state index in [0.29, 0.717) is 0 Å². The van der Waals surface area contributed by atoms with Gasteiger partial charge in [0.2, 0.25) is 0 Å². The molecule has 0 aliphatic carbocycles. The van der Waals surface area contributed by atoms with Gasteiger partial charge in [-0.2, -0.15) is 0 Å². The number of rotatable bonds is 5. The number of hydrogen-bond acceptors (Lipinski definition) is 1. The van der Waals surface area contributed by atoms with Crippen molar-refractivity contribution in [2.75, 3.05) is 0 Å². The van der Waals surface area contributed by atoms with Crippen LogP contribution in [0.1, 0.15) is 0 Å². The fourth-order valence-corrected chi connectivity index (χ4v) is 13.7. The van der Waals surface area contributed by atoms with E-state index >= 15 is 0 Å². The molecule has 0 saturated heterocycles. The highest BCUT2D eigenvalue weighted by atomic mass is 32.1. The zero-order valence-electron chi connectivity index (χ0n) is 41.8. The highest BCUT2D eigenvalue weighted by molar-refractivity contribution is 7.26. The first kappa shape index (κ1) is 43.5. The molecule has 0 spiro atoms. The van der Waals surface area contributed by atoms with Crippen molar-refractivity contribution >= 4 is 119 Å². The summed E-state index contributed by atoms with van der Waals surface area (Å²) in [6.45, 7) is 0. The molecule has 0 aliphatic heterocycles. The Kier molecular flexibility index (Phi) is 9.78. The van der Waals surface area contributed by atoms with E-state index in [4.69, 9.17) is 0 Å². The van der Waals surface area contributed by atoms with Gasteiger partial charge in [0.15, 0.2) is 0 Å². The highest BCUT2D eigenvalue weighted by Gasteiger charge is 2.21. The maximum atomic E-state index is 2.50. The first-order valence-electron chi connectivity index (χ1n) is 26.3. The maximum Gasteiger partial charge on any atom is 0.0709 e. The average Bonchev–Trinajstić information content (AvgIpc) is 3.98. The molecule has 0 fully saturated rings. The van der Waals surface area contributed by atoms with Crippen molar-refractivity contribution < 1.29 is 0 Å². The van der Waals surface area contributed by atoms with Crippen molar-refractivity contribution in [1.29, 1.82) is 0 Å². The van der Waals surface area contributed by atoms with Crippen LogP contribution in [0.25, 0.3) is 141 Å². The Hall–Kier alpha value is -9.94. The number of benzene rings is 12. The van der Waals surface area contributed by atoms with Crippen LogP contribution in [0.3, 0.4) is 0 Å². The number of fused-ring (bicyclic) bond motifs is 15. The lowest BCUT2D eigenvalue weighted by molar-refractivity contribution is 1.09. The van der Waals surface area contributed by atoms with Gasteiger partial charge < -0.3 is 18.3 Å². The molecule has 0 atom stereocenters. The molecule has 360 valence electrons. The molecule has 4 nitrogen and oxygen atoms in total. The predicted molar refractivity (Wildman–Crippen MR) is 329 cm³/mol. The Bertz CT molecular complexity index is 5060. The molecular weight excluding hydrogens is 953 g/mol. The molecule has 0 radical (unpaired) electrons. The van der Waals surface area contributed by atoms with Crippen LogP contribution in [-0.2, 0) is 0 Å². The van der Waals surface area contributed by atoms with Crippen molar-refractivity contribution in [1.82, 2.24) is 18.3 Å². The van der Waals surface area contributed by atoms with Gasteiger partial charge in [0.1, 0.15) is 0 Å². The summed E-state index contributed by atoms with van der Waals surface area (Å²) in [4.78, 5) is 0. The first-order valence-corrected chi connectivity index (χ1v) is 27.2. The topological polar surface area (TPSA) is 19.7 Å². The maximum absolute atomic E-state index is 2.50. The lowest BCUT2D eigenvalue weighted by atomic mass is 9.91. The summed E-state index contributed by atoms with van der Waals surface area (Å²) >= 11 is 1.88. The molecule has 77 heavy (non-hydrogen) atoms. The van der Waals surface area contributed by atoms with Gasteiger partial charge in [-0.25, -0.2) is 0 Å². The molecular formula is C72H46N4S. The summed E-state index contributed by atoms with van der Waals surface area (Å²) in [7, 11) is 0. The van der Waals surface area contributed by atoms with Gasteiger partial charge in [0.25, 0.3) is 0 Å². The molecule has 0 N–H and O–H groups in total. The molecule has 16 aromatic rings. The van der Waals surface area contributed by atoms with Crippen molar-refractivity contribution in [3.8, 4) is 33.9 Å². The number of aromatic nitrogens is 4. The minimum Gasteiger partial charge on any atom is -0.306 e. The Morgan fingerprint density at radius 1 is 0.208 bits per heavy atom. The average molecular weight is 999 g/mol. The second kappa shape index (κ2) is 17.3. The van der Waals surface area contributed by atoms with E-state index in [0.717, 1.165) is 66.9 Å². The second-order valence-electron chi connectivity index (χ2n) is 20.0. The Balaban J connectivity index is 1.17. The third kappa shape index (κ3) is 6.71. The Morgan fingerprint density at radius 3 is 0.961 bits per heavy atom. The molecule has 0 bridgehead atoms. The van der Waals surface area contributed by atoms with Crippen LogP contribution >= 0.6 is 11.3 Å². The summed E-state index contributed by atoms with van der Waals surface area (Å²) in [6, 6.07) is 103. The van der Waals surface area contributed by atoms with E-state index in [9.17, 15) is 0 Å². The lowest BCUT2D eigenvalue weighted by Crippen LogP contribution is -2.08. The Labute approximate surface area is 447 Å². The zero-order chi connectivity index (χ0) is 50.6. The summed E-state index contributed by atoms with van der Waals surface area (Å²) in [5, 5.41) is 12.0. The molecule has 0 saturated carbocycles. The van der Waals surface area contributed by atoms with E-state index in [-0.39, 0.29) is 0 Å². The zero-order valence-corrected chi connectivity index (χ0v) is 42.6. The highest BCUT2D eigenvalue weighted by Crippen LogP contribution is 2.45. The minimum absolute atomic E-state index is 1.10. The molecule has 0 amide bonds. The van der Waals surface area contributed by atoms with Crippen LogP contribution < -0.4 is 0 Å². The predicted octanol–water partition coefficient (Wildman–Crippen LogP) is 19.8. The summed E-state index contributed by atoms with van der Waals surface area (Å²) < 4.78 is 12.4. The van der Waals surface area contributed by atoms with Gasteiger partial charge in [-0.05, 0) is 163 Å². The van der Waals surface area contributed by atoms with Crippen LogP contribution in [-0.4, -0.2) is 18.3 Å². The summed E-state index contributed by atoms with van der Waals surface area (Å²) in [6.07, 6.45) is 0. The molecule has 0 aliphatic rings. The molecule has 13 aromatic carbocycles. The monoisotopic (exact) mass is 998 g/mol. The fourth-order valence-electron chi connectivity index (χ4n) is 12.5. The third-order valence-corrected chi connectivity index (χ3v) is 17.0. The van der Waals surface area contributed by atoms with E-state index in [1.165, 1.54) is 74.4 Å². The number of hydrogen-bond donors (Lipinski definition) is 0. The molecule has 0 unspecified atom stereocenters. The van der Waals surface area contributed by atoms with Gasteiger partial charge in [-0.3, -0.25) is 0 Å². The van der Waals surface area contributed by atoms with Gasteiger partial charge in [0, 0.05) is 42.9 Å². The minimum atomic E-state index is 1.10. The fraction of sp³-hybridized carbons (Fsp3) is 0. The number of nitrogens with zero attached hydrogens (tertiary/aromatic N) is 4. The summed E-state index contributed by atoms with van der Waals surface area (Å²) in [5.74, 6) is 0. The smallest absolute Gasteiger partial charge is 0.0709 e. The molecule has 3 aromatic heterocycles. The van der Waals surface area contributed by atoms with Crippen molar-refractivity contribution in [2.24, 2.45) is 0 Å². The SMILES string of the molecule is c1ccc(-n2c3ccccc3n(-c3ccccc3)c3cc4c5ccc(-c6cccc7c6sc6ccccc67)cc5c5cc6c(cc5c5ccccc5c4cc32)n(-c2ccccc2)c2ccccc2n6-c2ccccc2)cc1. The van der Waals surface area contributed by atoms with Crippen LogP contribution in [0, 0.1) is 0 Å². The van der Waals surface area contributed by atoms with Crippen molar-refractivity contribution in [3.63, 3.8) is 0 Å². The second-order valence-corrected chi connectivity index (χ2v) is 21.1. The van der Waals surface area contributed by atoms with Crippen LogP contribution in [0.2, 0.25) is 0 Å². The number of thiophene rings is 1. The standard InChI is InChI=1S/C72H46N4S/c1-5-22-48(23-6-1)73-63-35-16-17-36-64(63)75(50-26-9-3-10-27-50)69-45-61-55-41-40-47(52-33-21-34-57-56-32-15-20-39-71(56)77-72(52)57)42-58(55)62-46-70-68(44-60(62)54-31-14-13-30-53(54)59(61)43-67(69)73)74(49-24-7-2-8-25-49)65-37-18-19-38-66(65)76(70)51-28-11-4-12-29-51/h1-46H. The largest absolute Gasteiger partial charge is 0.306 e. The third-order valence-electron chi connectivity index (χ3n) is 15.8. The quantitative estimate of drug-likeness (QED) is 0.153. The van der Waals surface area contributed by atoms with Crippen LogP contribution in [0.5, 0.6) is 0 Å². The lowest BCUT2D eigenvalue weighted by Gasteiger charge is -2.24. The summed E-state index contributed by atoms with van der Waals surface area (Å²) in [5.41, 5.74) is 15.8. The molecule has 16 rings (SSSR count). The van der Waals surface area contributed by atoms with E-state index < -0.39 is 0 Å². The van der Waals surface area contributed by atoms with Gasteiger partial charge in [-0.15, -0.1) is 11.3 Å². The van der Waals surface area contributed by atoms with E-state index in [1.807, 2.05) is 11.3 Å². The van der Waals surface area contributed by atoms with Crippen molar-refractivity contribution in [3.05, 3.63) is 279 Å². The molecule has 5 heteroatoms. The van der Waals surface area contributed by atoms with Crippen LogP contribution in [0.15, 0.2) is 279 Å². The van der Waals surface area contributed by atoms with Crippen LogP contribution in [0.4, 0.5) is 0 Å². The van der Waals surface area contributed by atoms with Gasteiger partial charge in [-0.1, -0.05) is 170 Å². The Morgan fingerprint density at radius 2 is 0.532 bits per heavy atom. The van der Waals surface area contributed by atoms with E-state index in [1.54, 1.807) is 0 Å². The van der Waals surface area contributed by atoms with Gasteiger partial charge >= 0.3 is 0 Å². The normalized spacial score (nSPS) is 11.9. The number of para-hydroxylation sites is 8. The molecule has 3 heterocycles. The van der Waals surface area contributed by atoms with Gasteiger partial charge in [0.05, 0.1) is 44.1 Å².